The molecule has 0 bridgehead atoms. The highest BCUT2D eigenvalue weighted by molar-refractivity contribution is 5.79. The molecule has 0 spiro atoms. The number of carbonyl (C=O) groups excluding carboxylic acids is 1. The lowest BCUT2D eigenvalue weighted by Gasteiger charge is -2.20. The van der Waals surface area contributed by atoms with Crippen molar-refractivity contribution in [1.29, 1.82) is 0 Å². The van der Waals surface area contributed by atoms with Crippen molar-refractivity contribution in [3.63, 3.8) is 0 Å². The number of hydrogen-bond donors (Lipinski definition) is 3. The summed E-state index contributed by atoms with van der Waals surface area (Å²) in [7, 11) is 1.79. The van der Waals surface area contributed by atoms with E-state index in [1.807, 2.05) is 36.4 Å². The van der Waals surface area contributed by atoms with Gasteiger partial charge in [0.1, 0.15) is 5.75 Å². The van der Waals surface area contributed by atoms with Crippen LogP contribution >= 0.6 is 0 Å². The van der Waals surface area contributed by atoms with Crippen molar-refractivity contribution in [2.24, 2.45) is 10.7 Å². The molecule has 6 nitrogen and oxygen atoms in total. The lowest BCUT2D eigenvalue weighted by molar-refractivity contribution is -0.119. The number of carbonyl (C=O) groups is 1. The van der Waals surface area contributed by atoms with Crippen LogP contribution < -0.4 is 21.1 Å². The Balaban J connectivity index is 1.50. The molecule has 0 aliphatic rings. The molecule has 1 unspecified atom stereocenters. The second kappa shape index (κ2) is 12.9. The summed E-state index contributed by atoms with van der Waals surface area (Å²) in [4.78, 5) is 15.2. The van der Waals surface area contributed by atoms with Gasteiger partial charge in [0, 0.05) is 26.1 Å². The molecule has 0 heterocycles. The van der Waals surface area contributed by atoms with Crippen molar-refractivity contribution in [1.82, 2.24) is 10.6 Å². The fraction of sp³-hybridized carbons (Fsp3) is 0.259. The molecule has 1 amide bonds. The van der Waals surface area contributed by atoms with Crippen LogP contribution in [0.1, 0.15) is 22.6 Å². The second-order valence-electron chi connectivity index (χ2n) is 7.83. The Morgan fingerprint density at radius 1 is 0.909 bits per heavy atom. The van der Waals surface area contributed by atoms with E-state index >= 15 is 0 Å². The zero-order valence-electron chi connectivity index (χ0n) is 19.0. The Bertz CT molecular complexity index is 1010. The van der Waals surface area contributed by atoms with E-state index in [0.717, 1.165) is 37.5 Å². The predicted molar refractivity (Wildman–Crippen MR) is 134 cm³/mol. The number of amides is 1. The summed E-state index contributed by atoms with van der Waals surface area (Å²) < 4.78 is 5.30. The smallest absolute Gasteiger partial charge is 0.255 e. The van der Waals surface area contributed by atoms with Crippen LogP contribution in [-0.4, -0.2) is 38.6 Å². The van der Waals surface area contributed by atoms with Crippen LogP contribution in [0, 0.1) is 0 Å². The van der Waals surface area contributed by atoms with E-state index in [2.05, 4.69) is 64.2 Å². The third kappa shape index (κ3) is 8.33. The minimum atomic E-state index is -0.486. The maximum Gasteiger partial charge on any atom is 0.255 e. The number of guanidine groups is 1. The third-order valence-corrected chi connectivity index (χ3v) is 5.35. The molecule has 0 aliphatic carbocycles. The van der Waals surface area contributed by atoms with E-state index < -0.39 is 5.91 Å². The van der Waals surface area contributed by atoms with Crippen molar-refractivity contribution in [2.75, 3.05) is 26.7 Å². The molecule has 172 valence electrons. The highest BCUT2D eigenvalue weighted by atomic mass is 16.5. The van der Waals surface area contributed by atoms with Crippen LogP contribution in [-0.2, 0) is 17.6 Å². The largest absolute Gasteiger partial charge is 0.484 e. The topological polar surface area (TPSA) is 88.7 Å². The Morgan fingerprint density at radius 2 is 1.58 bits per heavy atom. The Hall–Kier alpha value is -3.80. The van der Waals surface area contributed by atoms with Crippen molar-refractivity contribution in [3.8, 4) is 5.75 Å². The van der Waals surface area contributed by atoms with Gasteiger partial charge in [-0.15, -0.1) is 0 Å². The number of primary amides is 1. The molecule has 4 N–H and O–H groups in total. The first-order chi connectivity index (χ1) is 16.1. The molecular weight excluding hydrogens is 412 g/mol. The molecule has 0 saturated carbocycles. The highest BCUT2D eigenvalue weighted by Gasteiger charge is 2.13. The van der Waals surface area contributed by atoms with E-state index in [0.29, 0.717) is 11.7 Å². The Labute approximate surface area is 195 Å². The van der Waals surface area contributed by atoms with Crippen LogP contribution in [0.2, 0.25) is 0 Å². The number of ether oxygens (including phenoxy) is 1. The average molecular weight is 445 g/mol. The molecule has 3 aromatic rings. The summed E-state index contributed by atoms with van der Waals surface area (Å²) in [5, 5.41) is 6.88. The van der Waals surface area contributed by atoms with Gasteiger partial charge in [-0.25, -0.2) is 0 Å². The van der Waals surface area contributed by atoms with Gasteiger partial charge in [0.05, 0.1) is 0 Å². The number of nitrogens with two attached hydrogens (primary N) is 1. The molecule has 33 heavy (non-hydrogen) atoms. The van der Waals surface area contributed by atoms with Gasteiger partial charge in [0.2, 0.25) is 0 Å². The number of rotatable bonds is 11. The SMILES string of the molecule is CN=C(NCCc1ccc(OCC(N)=O)cc1)NCC(Cc1ccccc1)c1ccccc1. The summed E-state index contributed by atoms with van der Waals surface area (Å²) in [6.07, 6.45) is 1.79. The summed E-state index contributed by atoms with van der Waals surface area (Å²) in [5.74, 6) is 1.26. The molecular formula is C27H32N4O2. The van der Waals surface area contributed by atoms with Crippen molar-refractivity contribution >= 4 is 11.9 Å². The van der Waals surface area contributed by atoms with Crippen molar-refractivity contribution in [3.05, 3.63) is 102 Å². The normalized spacial score (nSPS) is 12.1. The molecule has 3 aromatic carbocycles. The van der Waals surface area contributed by atoms with Gasteiger partial charge in [0.25, 0.3) is 5.91 Å². The van der Waals surface area contributed by atoms with E-state index in [1.165, 1.54) is 11.1 Å². The third-order valence-electron chi connectivity index (χ3n) is 5.35. The lowest BCUT2D eigenvalue weighted by atomic mass is 9.92. The maximum atomic E-state index is 10.8. The molecule has 0 aromatic heterocycles. The monoisotopic (exact) mass is 444 g/mol. The Kier molecular flexibility index (Phi) is 9.33. The lowest BCUT2D eigenvalue weighted by Crippen LogP contribution is -2.40. The molecule has 0 fully saturated rings. The predicted octanol–water partition coefficient (Wildman–Crippen LogP) is 3.28. The van der Waals surface area contributed by atoms with E-state index in [4.69, 9.17) is 10.5 Å². The zero-order chi connectivity index (χ0) is 23.3. The molecule has 6 heteroatoms. The molecule has 1 atom stereocenters. The van der Waals surface area contributed by atoms with Gasteiger partial charge < -0.3 is 21.1 Å². The summed E-state index contributed by atoms with van der Waals surface area (Å²) >= 11 is 0. The van der Waals surface area contributed by atoms with Crippen LogP contribution in [0.3, 0.4) is 0 Å². The van der Waals surface area contributed by atoms with Gasteiger partial charge in [-0.05, 0) is 41.7 Å². The zero-order valence-corrected chi connectivity index (χ0v) is 19.0. The molecule has 3 rings (SSSR count). The fourth-order valence-corrected chi connectivity index (χ4v) is 3.60. The first-order valence-corrected chi connectivity index (χ1v) is 11.2. The Morgan fingerprint density at radius 3 is 2.21 bits per heavy atom. The molecule has 0 aliphatic heterocycles. The summed E-state index contributed by atoms with van der Waals surface area (Å²) in [5.41, 5.74) is 8.89. The van der Waals surface area contributed by atoms with Gasteiger partial charge in [-0.1, -0.05) is 72.8 Å². The van der Waals surface area contributed by atoms with Crippen LogP contribution in [0.5, 0.6) is 5.75 Å². The number of aliphatic imine (C=N–C) groups is 1. The minimum absolute atomic E-state index is 0.114. The molecule has 0 saturated heterocycles. The fourth-order valence-electron chi connectivity index (χ4n) is 3.60. The molecule has 0 radical (unpaired) electrons. The van der Waals surface area contributed by atoms with E-state index in [9.17, 15) is 4.79 Å². The number of nitrogens with one attached hydrogen (secondary N) is 2. The van der Waals surface area contributed by atoms with Gasteiger partial charge in [-0.2, -0.15) is 0 Å². The summed E-state index contributed by atoms with van der Waals surface area (Å²) in [6, 6.07) is 28.8. The van der Waals surface area contributed by atoms with Crippen molar-refractivity contribution in [2.45, 2.75) is 18.8 Å². The van der Waals surface area contributed by atoms with E-state index in [1.54, 1.807) is 7.05 Å². The van der Waals surface area contributed by atoms with Gasteiger partial charge in [0.15, 0.2) is 12.6 Å². The van der Waals surface area contributed by atoms with Crippen LogP contribution in [0.4, 0.5) is 0 Å². The minimum Gasteiger partial charge on any atom is -0.484 e. The standard InChI is InChI=1S/C27H32N4O2/c1-29-27(30-17-16-21-12-14-25(15-13-21)33-20-26(28)32)31-19-24(23-10-6-3-7-11-23)18-22-8-4-2-5-9-22/h2-15,24H,16-20H2,1H3,(H2,28,32)(H2,29,30,31). The average Bonchev–Trinajstić information content (AvgIpc) is 2.86. The number of nitrogens with zero attached hydrogens (tertiary/aromatic N) is 1. The second-order valence-corrected chi connectivity index (χ2v) is 7.83. The van der Waals surface area contributed by atoms with Gasteiger partial charge >= 0.3 is 0 Å². The van der Waals surface area contributed by atoms with Crippen molar-refractivity contribution < 1.29 is 9.53 Å². The first kappa shape index (κ1) is 23.9. The quantitative estimate of drug-likeness (QED) is 0.313. The highest BCUT2D eigenvalue weighted by Crippen LogP contribution is 2.20. The number of benzene rings is 3. The van der Waals surface area contributed by atoms with Gasteiger partial charge in [-0.3, -0.25) is 9.79 Å². The van der Waals surface area contributed by atoms with E-state index in [-0.39, 0.29) is 6.61 Å². The van der Waals surface area contributed by atoms with Crippen LogP contribution in [0.25, 0.3) is 0 Å². The number of hydrogen-bond acceptors (Lipinski definition) is 3. The van der Waals surface area contributed by atoms with Crippen LogP contribution in [0.15, 0.2) is 89.9 Å². The maximum absolute atomic E-state index is 10.8. The first-order valence-electron chi connectivity index (χ1n) is 11.2. The summed E-state index contributed by atoms with van der Waals surface area (Å²) in [6.45, 7) is 1.41.